The maximum Gasteiger partial charge on any atom is 0.264 e. The Kier molecular flexibility index (Phi) is 3.59. The molecule has 1 aromatic heterocycles. The Morgan fingerprint density at radius 2 is 1.90 bits per heavy atom. The lowest BCUT2D eigenvalue weighted by molar-refractivity contribution is 0.0777. The standard InChI is InChI=1S/C16H23N3O2/c1-9(2)14-17-10(3)13(15(20)18-14)16(21)19-7-11-5-4-6-12(11)8-19/h9,11-12H,4-8H2,1-3H3,(H,17,18,20)/t11-,12-/m1/s1. The van der Waals surface area contributed by atoms with E-state index in [2.05, 4.69) is 9.97 Å². The molecule has 1 N–H and O–H groups in total. The van der Waals surface area contributed by atoms with Crippen molar-refractivity contribution in [1.29, 1.82) is 0 Å². The number of hydrogen-bond acceptors (Lipinski definition) is 3. The van der Waals surface area contributed by atoms with Gasteiger partial charge in [-0.25, -0.2) is 4.98 Å². The number of likely N-dealkylation sites (tertiary alicyclic amines) is 1. The van der Waals surface area contributed by atoms with Crippen molar-refractivity contribution in [3.63, 3.8) is 0 Å². The van der Waals surface area contributed by atoms with Crippen molar-refractivity contribution in [1.82, 2.24) is 14.9 Å². The third-order valence-electron chi connectivity index (χ3n) is 4.89. The number of H-pyrrole nitrogens is 1. The molecular weight excluding hydrogens is 266 g/mol. The molecule has 0 radical (unpaired) electrons. The minimum absolute atomic E-state index is 0.145. The molecule has 2 fully saturated rings. The van der Waals surface area contributed by atoms with Gasteiger partial charge in [0.25, 0.3) is 11.5 Å². The van der Waals surface area contributed by atoms with Crippen LogP contribution in [0.5, 0.6) is 0 Å². The summed E-state index contributed by atoms with van der Waals surface area (Å²) >= 11 is 0. The van der Waals surface area contributed by atoms with Gasteiger partial charge >= 0.3 is 0 Å². The van der Waals surface area contributed by atoms with Crippen LogP contribution in [0.2, 0.25) is 0 Å². The monoisotopic (exact) mass is 289 g/mol. The predicted molar refractivity (Wildman–Crippen MR) is 80.4 cm³/mol. The van der Waals surface area contributed by atoms with Gasteiger partial charge in [0.2, 0.25) is 0 Å². The summed E-state index contributed by atoms with van der Waals surface area (Å²) in [7, 11) is 0. The summed E-state index contributed by atoms with van der Waals surface area (Å²) in [6.07, 6.45) is 3.71. The van der Waals surface area contributed by atoms with Crippen molar-refractivity contribution in [2.75, 3.05) is 13.1 Å². The predicted octanol–water partition coefficient (Wildman–Crippen LogP) is 2.07. The molecule has 114 valence electrons. The average molecular weight is 289 g/mol. The molecule has 1 aliphatic carbocycles. The topological polar surface area (TPSA) is 66.1 Å². The summed E-state index contributed by atoms with van der Waals surface area (Å²) in [5.41, 5.74) is 0.470. The zero-order chi connectivity index (χ0) is 15.1. The maximum atomic E-state index is 12.7. The lowest BCUT2D eigenvalue weighted by atomic mass is 10.0. The largest absolute Gasteiger partial charge is 0.338 e. The summed E-state index contributed by atoms with van der Waals surface area (Å²) in [6, 6.07) is 0. The van der Waals surface area contributed by atoms with Crippen LogP contribution in [0.4, 0.5) is 0 Å². The van der Waals surface area contributed by atoms with Gasteiger partial charge in [-0.05, 0) is 31.6 Å². The summed E-state index contributed by atoms with van der Waals surface area (Å²) in [5.74, 6) is 1.91. The first-order chi connectivity index (χ1) is 9.97. The molecule has 21 heavy (non-hydrogen) atoms. The highest BCUT2D eigenvalue weighted by molar-refractivity contribution is 5.95. The SMILES string of the molecule is Cc1nc(C(C)C)[nH]c(=O)c1C(=O)N1C[C@H]2CCC[C@@H]2C1. The van der Waals surface area contributed by atoms with Crippen LogP contribution in [0.15, 0.2) is 4.79 Å². The van der Waals surface area contributed by atoms with E-state index in [1.54, 1.807) is 6.92 Å². The van der Waals surface area contributed by atoms with E-state index in [1.807, 2.05) is 18.7 Å². The Bertz CT molecular complexity index is 608. The molecule has 5 nitrogen and oxygen atoms in total. The van der Waals surface area contributed by atoms with Crippen molar-refractivity contribution in [3.05, 3.63) is 27.4 Å². The van der Waals surface area contributed by atoms with Crippen molar-refractivity contribution < 1.29 is 4.79 Å². The van der Waals surface area contributed by atoms with Gasteiger partial charge in [0, 0.05) is 19.0 Å². The van der Waals surface area contributed by atoms with Gasteiger partial charge in [0.15, 0.2) is 0 Å². The van der Waals surface area contributed by atoms with Crippen molar-refractivity contribution in [3.8, 4) is 0 Å². The Hall–Kier alpha value is -1.65. The number of amides is 1. The fourth-order valence-corrected chi connectivity index (χ4v) is 3.69. The molecule has 1 aliphatic heterocycles. The molecule has 0 bridgehead atoms. The number of rotatable bonds is 2. The van der Waals surface area contributed by atoms with Gasteiger partial charge in [-0.2, -0.15) is 0 Å². The molecule has 1 aromatic rings. The third-order valence-corrected chi connectivity index (χ3v) is 4.89. The van der Waals surface area contributed by atoms with E-state index in [0.717, 1.165) is 13.1 Å². The summed E-state index contributed by atoms with van der Waals surface area (Å²) in [5, 5.41) is 0. The number of aromatic nitrogens is 2. The fourth-order valence-electron chi connectivity index (χ4n) is 3.69. The van der Waals surface area contributed by atoms with Crippen LogP contribution in [0.1, 0.15) is 60.9 Å². The third kappa shape index (κ3) is 2.49. The molecule has 5 heteroatoms. The van der Waals surface area contributed by atoms with Crippen LogP contribution in [-0.4, -0.2) is 33.9 Å². The van der Waals surface area contributed by atoms with Gasteiger partial charge in [-0.1, -0.05) is 20.3 Å². The molecule has 2 atom stereocenters. The first-order valence-corrected chi connectivity index (χ1v) is 7.87. The molecule has 2 heterocycles. The van der Waals surface area contributed by atoms with Crippen LogP contribution in [0, 0.1) is 18.8 Å². The average Bonchev–Trinajstić information content (AvgIpc) is 2.97. The highest BCUT2D eigenvalue weighted by Crippen LogP contribution is 2.38. The van der Waals surface area contributed by atoms with E-state index in [1.165, 1.54) is 19.3 Å². The molecule has 1 saturated heterocycles. The van der Waals surface area contributed by atoms with Crippen molar-refractivity contribution in [2.45, 2.75) is 46.0 Å². The minimum Gasteiger partial charge on any atom is -0.338 e. The first-order valence-electron chi connectivity index (χ1n) is 7.87. The molecular formula is C16H23N3O2. The Morgan fingerprint density at radius 3 is 2.43 bits per heavy atom. The Morgan fingerprint density at radius 1 is 1.29 bits per heavy atom. The number of nitrogens with one attached hydrogen (secondary N) is 1. The summed E-state index contributed by atoms with van der Waals surface area (Å²) in [6.45, 7) is 7.30. The van der Waals surface area contributed by atoms with E-state index < -0.39 is 0 Å². The second-order valence-electron chi connectivity index (χ2n) is 6.73. The lowest BCUT2D eigenvalue weighted by Crippen LogP contribution is -2.35. The number of carbonyl (C=O) groups excluding carboxylic acids is 1. The minimum atomic E-state index is -0.298. The van der Waals surface area contributed by atoms with E-state index in [4.69, 9.17) is 0 Å². The van der Waals surface area contributed by atoms with Gasteiger partial charge < -0.3 is 9.88 Å². The quantitative estimate of drug-likeness (QED) is 0.906. The molecule has 1 amide bonds. The molecule has 0 aromatic carbocycles. The number of aryl methyl sites for hydroxylation is 1. The highest BCUT2D eigenvalue weighted by atomic mass is 16.2. The van der Waals surface area contributed by atoms with Gasteiger partial charge in [0.05, 0.1) is 5.69 Å². The van der Waals surface area contributed by atoms with Crippen LogP contribution in [0.25, 0.3) is 0 Å². The normalized spacial score (nSPS) is 24.7. The van der Waals surface area contributed by atoms with E-state index in [0.29, 0.717) is 23.4 Å². The van der Waals surface area contributed by atoms with Crippen LogP contribution in [0.3, 0.4) is 0 Å². The number of carbonyl (C=O) groups is 1. The second-order valence-corrected chi connectivity index (χ2v) is 6.73. The molecule has 2 aliphatic rings. The lowest BCUT2D eigenvalue weighted by Gasteiger charge is -2.18. The zero-order valence-electron chi connectivity index (χ0n) is 13.0. The Balaban J connectivity index is 1.87. The van der Waals surface area contributed by atoms with Crippen LogP contribution >= 0.6 is 0 Å². The molecule has 0 unspecified atom stereocenters. The number of fused-ring (bicyclic) bond motifs is 1. The van der Waals surface area contributed by atoms with Crippen molar-refractivity contribution in [2.24, 2.45) is 11.8 Å². The summed E-state index contributed by atoms with van der Waals surface area (Å²) in [4.78, 5) is 33.9. The van der Waals surface area contributed by atoms with Gasteiger partial charge in [-0.15, -0.1) is 0 Å². The zero-order valence-corrected chi connectivity index (χ0v) is 13.0. The number of aromatic amines is 1. The molecule has 0 spiro atoms. The smallest absolute Gasteiger partial charge is 0.264 e. The second kappa shape index (κ2) is 5.28. The first kappa shape index (κ1) is 14.3. The van der Waals surface area contributed by atoms with E-state index in [9.17, 15) is 9.59 Å². The van der Waals surface area contributed by atoms with Crippen LogP contribution < -0.4 is 5.56 Å². The number of hydrogen-bond donors (Lipinski definition) is 1. The highest BCUT2D eigenvalue weighted by Gasteiger charge is 2.39. The van der Waals surface area contributed by atoms with Crippen LogP contribution in [-0.2, 0) is 0 Å². The van der Waals surface area contributed by atoms with Gasteiger partial charge in [-0.3, -0.25) is 9.59 Å². The van der Waals surface area contributed by atoms with Gasteiger partial charge in [0.1, 0.15) is 11.4 Å². The molecule has 3 rings (SSSR count). The molecule has 1 saturated carbocycles. The van der Waals surface area contributed by atoms with E-state index >= 15 is 0 Å². The number of nitrogens with zero attached hydrogens (tertiary/aromatic N) is 2. The Labute approximate surface area is 124 Å². The fraction of sp³-hybridized carbons (Fsp3) is 0.688. The summed E-state index contributed by atoms with van der Waals surface area (Å²) < 4.78 is 0. The van der Waals surface area contributed by atoms with E-state index in [-0.39, 0.29) is 22.9 Å². The maximum absolute atomic E-state index is 12.7. The van der Waals surface area contributed by atoms with Crippen molar-refractivity contribution >= 4 is 5.91 Å².